The van der Waals surface area contributed by atoms with Crippen LogP contribution in [-0.2, 0) is 10.0 Å². The van der Waals surface area contributed by atoms with Crippen LogP contribution >= 0.6 is 23.2 Å². The molecule has 0 aliphatic heterocycles. The van der Waals surface area contributed by atoms with Crippen molar-refractivity contribution in [2.75, 3.05) is 4.72 Å². The summed E-state index contributed by atoms with van der Waals surface area (Å²) in [5.74, 6) is 0.191. The molecular formula is C33H26Cl2N2O5S. The van der Waals surface area contributed by atoms with Crippen LogP contribution in [0.1, 0.15) is 33.6 Å². The molecule has 0 fully saturated rings. The Bertz CT molecular complexity index is 1820. The van der Waals surface area contributed by atoms with E-state index >= 15 is 0 Å². The lowest BCUT2D eigenvalue weighted by Crippen LogP contribution is -2.33. The van der Waals surface area contributed by atoms with Gasteiger partial charge in [0.1, 0.15) is 17.6 Å². The molecule has 0 heterocycles. The van der Waals surface area contributed by atoms with Gasteiger partial charge in [-0.15, -0.1) is 0 Å². The molecule has 43 heavy (non-hydrogen) atoms. The first-order valence-electron chi connectivity index (χ1n) is 13.1. The Morgan fingerprint density at radius 3 is 2.00 bits per heavy atom. The van der Waals surface area contributed by atoms with E-state index in [0.29, 0.717) is 27.6 Å². The topological polar surface area (TPSA) is 105 Å². The number of benzene rings is 5. The van der Waals surface area contributed by atoms with Crippen LogP contribution < -0.4 is 14.8 Å². The number of amides is 1. The van der Waals surface area contributed by atoms with Crippen LogP contribution in [0.15, 0.2) is 132 Å². The zero-order valence-corrected chi connectivity index (χ0v) is 24.9. The number of carbonyl (C=O) groups is 1. The number of aliphatic hydroxyl groups excluding tert-OH is 1. The van der Waals surface area contributed by atoms with Gasteiger partial charge in [0.15, 0.2) is 0 Å². The molecule has 7 nitrogen and oxygen atoms in total. The minimum absolute atomic E-state index is 0.0132. The van der Waals surface area contributed by atoms with E-state index < -0.39 is 28.1 Å². The highest BCUT2D eigenvalue weighted by Gasteiger charge is 2.27. The number of ether oxygens (including phenoxy) is 1. The Balaban J connectivity index is 1.39. The van der Waals surface area contributed by atoms with E-state index in [4.69, 9.17) is 27.9 Å². The molecule has 3 N–H and O–H groups in total. The fourth-order valence-corrected chi connectivity index (χ4v) is 5.83. The molecule has 0 bridgehead atoms. The van der Waals surface area contributed by atoms with E-state index in [2.05, 4.69) is 10.0 Å². The number of sulfonamides is 1. The summed E-state index contributed by atoms with van der Waals surface area (Å²) in [5, 5.41) is 14.8. The van der Waals surface area contributed by atoms with Crippen LogP contribution in [0, 0.1) is 0 Å². The summed E-state index contributed by atoms with van der Waals surface area (Å²) in [6.07, 6.45) is -1.08. The zero-order valence-electron chi connectivity index (χ0n) is 22.5. The molecule has 2 atom stereocenters. The molecule has 10 heteroatoms. The van der Waals surface area contributed by atoms with Crippen LogP contribution in [0.4, 0.5) is 5.69 Å². The van der Waals surface area contributed by atoms with Gasteiger partial charge in [0.2, 0.25) is 0 Å². The second-order valence-electron chi connectivity index (χ2n) is 9.52. The molecular weight excluding hydrogens is 607 g/mol. The number of aliphatic hydroxyl groups is 1. The maximum Gasteiger partial charge on any atom is 0.261 e. The standard InChI is InChI=1S/C33H26Cl2N2O5S/c34-24-15-20-29(37-43(40,41)26-18-16-25(17-19-26)42-30-14-8-7-13-28(30)35)27(21-24)33(39)36-31(22-9-3-1-4-10-22)32(38)23-11-5-2-6-12-23/h1-21,31-32,37-38H,(H,36,39)/t31-,32+/m1/s1. The van der Waals surface area contributed by atoms with Crippen LogP contribution in [0.2, 0.25) is 10.0 Å². The van der Waals surface area contributed by atoms with Gasteiger partial charge in [-0.2, -0.15) is 0 Å². The van der Waals surface area contributed by atoms with Gasteiger partial charge in [0.25, 0.3) is 15.9 Å². The van der Waals surface area contributed by atoms with Crippen molar-refractivity contribution in [1.29, 1.82) is 0 Å². The first-order chi connectivity index (χ1) is 20.7. The second-order valence-corrected chi connectivity index (χ2v) is 12.0. The third-order valence-corrected chi connectivity index (χ3v) is 8.50. The summed E-state index contributed by atoms with van der Waals surface area (Å²) >= 11 is 12.4. The fraction of sp³-hybridized carbons (Fsp3) is 0.0606. The molecule has 0 aliphatic rings. The number of hydrogen-bond acceptors (Lipinski definition) is 5. The van der Waals surface area contributed by atoms with Crippen molar-refractivity contribution >= 4 is 44.8 Å². The zero-order chi connectivity index (χ0) is 30.4. The van der Waals surface area contributed by atoms with Gasteiger partial charge in [-0.1, -0.05) is 96.0 Å². The lowest BCUT2D eigenvalue weighted by atomic mass is 9.95. The highest BCUT2D eigenvalue weighted by atomic mass is 35.5. The van der Waals surface area contributed by atoms with E-state index in [0.717, 1.165) is 0 Å². The van der Waals surface area contributed by atoms with Gasteiger partial charge in [-0.25, -0.2) is 8.42 Å². The number of carbonyl (C=O) groups excluding carboxylic acids is 1. The predicted octanol–water partition coefficient (Wildman–Crippen LogP) is 7.79. The molecule has 5 aromatic rings. The molecule has 0 aromatic heterocycles. The summed E-state index contributed by atoms with van der Waals surface area (Å²) in [4.78, 5) is 13.6. The maximum absolute atomic E-state index is 13.7. The van der Waals surface area contributed by atoms with E-state index in [9.17, 15) is 18.3 Å². The quantitative estimate of drug-likeness (QED) is 0.146. The smallest absolute Gasteiger partial charge is 0.261 e. The van der Waals surface area contributed by atoms with Crippen LogP contribution in [0.25, 0.3) is 0 Å². The van der Waals surface area contributed by atoms with Gasteiger partial charge in [0.05, 0.1) is 27.2 Å². The Kier molecular flexibility index (Phi) is 9.33. The van der Waals surface area contributed by atoms with Crippen LogP contribution in [-0.4, -0.2) is 19.4 Å². The summed E-state index contributed by atoms with van der Waals surface area (Å²) in [5.41, 5.74) is 1.26. The van der Waals surface area contributed by atoms with Gasteiger partial charge in [-0.05, 0) is 65.7 Å². The second kappa shape index (κ2) is 13.3. The number of nitrogens with one attached hydrogen (secondary N) is 2. The Morgan fingerprint density at radius 2 is 1.35 bits per heavy atom. The molecule has 0 saturated carbocycles. The molecule has 0 spiro atoms. The average molecular weight is 634 g/mol. The normalized spacial score (nSPS) is 12.6. The monoisotopic (exact) mass is 632 g/mol. The molecule has 218 valence electrons. The lowest BCUT2D eigenvalue weighted by molar-refractivity contribution is 0.0832. The summed E-state index contributed by atoms with van der Waals surface area (Å²) < 4.78 is 34.9. The number of rotatable bonds is 10. The molecule has 5 rings (SSSR count). The van der Waals surface area contributed by atoms with E-state index in [1.165, 1.54) is 42.5 Å². The Morgan fingerprint density at radius 1 is 0.744 bits per heavy atom. The largest absolute Gasteiger partial charge is 0.456 e. The highest BCUT2D eigenvalue weighted by molar-refractivity contribution is 7.92. The minimum Gasteiger partial charge on any atom is -0.456 e. The number of hydrogen-bond donors (Lipinski definition) is 3. The van der Waals surface area contributed by atoms with Gasteiger partial charge >= 0.3 is 0 Å². The fourth-order valence-electron chi connectivity index (χ4n) is 4.40. The Labute approximate surface area is 259 Å². The highest BCUT2D eigenvalue weighted by Crippen LogP contribution is 2.32. The third kappa shape index (κ3) is 7.36. The number of para-hydroxylation sites is 1. The van der Waals surface area contributed by atoms with Crippen LogP contribution in [0.3, 0.4) is 0 Å². The summed E-state index contributed by atoms with van der Waals surface area (Å²) in [6.45, 7) is 0. The lowest BCUT2D eigenvalue weighted by Gasteiger charge is -2.25. The molecule has 0 saturated heterocycles. The van der Waals surface area contributed by atoms with Crippen molar-refractivity contribution in [1.82, 2.24) is 5.32 Å². The summed E-state index contributed by atoms with van der Waals surface area (Å²) in [7, 11) is -4.12. The van der Waals surface area contributed by atoms with Gasteiger partial charge < -0.3 is 15.2 Å². The molecule has 0 radical (unpaired) electrons. The van der Waals surface area contributed by atoms with Crippen molar-refractivity contribution in [3.63, 3.8) is 0 Å². The molecule has 1 amide bonds. The SMILES string of the molecule is O=C(N[C@H](c1ccccc1)[C@@H](O)c1ccccc1)c1cc(Cl)ccc1NS(=O)(=O)c1ccc(Oc2ccccc2Cl)cc1. The van der Waals surface area contributed by atoms with Crippen molar-refractivity contribution in [2.45, 2.75) is 17.0 Å². The minimum atomic E-state index is -4.12. The maximum atomic E-state index is 13.7. The van der Waals surface area contributed by atoms with Crippen molar-refractivity contribution in [3.8, 4) is 11.5 Å². The van der Waals surface area contributed by atoms with Crippen molar-refractivity contribution in [3.05, 3.63) is 154 Å². The Hall–Kier alpha value is -4.34. The van der Waals surface area contributed by atoms with Crippen molar-refractivity contribution in [2.24, 2.45) is 0 Å². The molecule has 0 unspecified atom stereocenters. The van der Waals surface area contributed by atoms with E-state index in [1.807, 2.05) is 12.1 Å². The van der Waals surface area contributed by atoms with E-state index in [1.54, 1.807) is 72.8 Å². The summed E-state index contributed by atoms with van der Waals surface area (Å²) in [6, 6.07) is 34.1. The van der Waals surface area contributed by atoms with Crippen LogP contribution in [0.5, 0.6) is 11.5 Å². The van der Waals surface area contributed by atoms with Gasteiger partial charge in [-0.3, -0.25) is 9.52 Å². The van der Waals surface area contributed by atoms with Crippen molar-refractivity contribution < 1.29 is 23.1 Å². The first kappa shape index (κ1) is 30.1. The molecule has 5 aromatic carbocycles. The predicted molar refractivity (Wildman–Crippen MR) is 168 cm³/mol. The number of anilines is 1. The van der Waals surface area contributed by atoms with E-state index in [-0.39, 0.29) is 21.2 Å². The molecule has 0 aliphatic carbocycles. The first-order valence-corrected chi connectivity index (χ1v) is 15.4. The third-order valence-electron chi connectivity index (χ3n) is 6.57. The average Bonchev–Trinajstić information content (AvgIpc) is 3.02. The number of halogens is 2. The van der Waals surface area contributed by atoms with Gasteiger partial charge in [0, 0.05) is 5.02 Å².